The lowest BCUT2D eigenvalue weighted by atomic mass is 10.1. The summed E-state index contributed by atoms with van der Waals surface area (Å²) in [6.07, 6.45) is 1.60. The van der Waals surface area contributed by atoms with Crippen LogP contribution in [0.1, 0.15) is 10.5 Å². The third-order valence-corrected chi connectivity index (χ3v) is 3.96. The molecule has 3 heterocycles. The van der Waals surface area contributed by atoms with E-state index in [0.29, 0.717) is 42.4 Å². The summed E-state index contributed by atoms with van der Waals surface area (Å²) in [5.74, 6) is -0.174. The Bertz CT molecular complexity index is 870. The largest absolute Gasteiger partial charge is 0.381 e. The number of H-pyrrole nitrogens is 1. The van der Waals surface area contributed by atoms with E-state index in [1.165, 1.54) is 12.1 Å². The quantitative estimate of drug-likeness (QED) is 0.779. The molecule has 3 aromatic rings. The molecule has 0 unspecified atom stereocenters. The third kappa shape index (κ3) is 2.12. The molecule has 112 valence electrons. The minimum absolute atomic E-state index is 0.232. The minimum Gasteiger partial charge on any atom is -0.381 e. The van der Waals surface area contributed by atoms with Gasteiger partial charge in [-0.15, -0.1) is 0 Å². The Labute approximate surface area is 125 Å². The van der Waals surface area contributed by atoms with Gasteiger partial charge in [0.2, 0.25) is 0 Å². The summed E-state index contributed by atoms with van der Waals surface area (Å²) in [4.78, 5) is 19.6. The first kappa shape index (κ1) is 13.2. The van der Waals surface area contributed by atoms with Crippen LogP contribution in [0.3, 0.4) is 0 Å². The Kier molecular flexibility index (Phi) is 3.04. The van der Waals surface area contributed by atoms with Crippen molar-refractivity contribution >= 4 is 27.7 Å². The fourth-order valence-corrected chi connectivity index (χ4v) is 2.70. The van der Waals surface area contributed by atoms with Gasteiger partial charge < -0.3 is 15.0 Å². The molecule has 5 nitrogen and oxygen atoms in total. The fraction of sp³-hybridized carbons (Fsp3) is 0.250. The number of hydrogen-bond donors (Lipinski definition) is 2. The van der Waals surface area contributed by atoms with Crippen LogP contribution in [-0.4, -0.2) is 35.6 Å². The maximum Gasteiger partial charge on any atom is 0.272 e. The molecule has 2 aromatic heterocycles. The Morgan fingerprint density at radius 1 is 1.36 bits per heavy atom. The van der Waals surface area contributed by atoms with Gasteiger partial charge in [0.15, 0.2) is 5.69 Å². The lowest BCUT2D eigenvalue weighted by Gasteiger charge is -2.25. The molecular formula is C16H14FN3O2. The summed E-state index contributed by atoms with van der Waals surface area (Å²) in [5.41, 5.74) is 1.62. The number of carbonyl (C=O) groups is 1. The van der Waals surface area contributed by atoms with Gasteiger partial charge in [-0.05, 0) is 24.3 Å². The molecule has 0 atom stereocenters. The first-order valence-electron chi connectivity index (χ1n) is 7.14. The number of nitrogens with one attached hydrogen (secondary N) is 2. The van der Waals surface area contributed by atoms with Crippen molar-refractivity contribution in [3.05, 3.63) is 42.0 Å². The van der Waals surface area contributed by atoms with Crippen molar-refractivity contribution in [2.24, 2.45) is 5.92 Å². The van der Waals surface area contributed by atoms with Gasteiger partial charge in [0, 0.05) is 34.9 Å². The number of aromatic amines is 1. The van der Waals surface area contributed by atoms with E-state index in [4.69, 9.17) is 4.74 Å². The predicted molar refractivity (Wildman–Crippen MR) is 80.2 cm³/mol. The first-order valence-corrected chi connectivity index (χ1v) is 7.14. The number of carbonyl (C=O) groups excluding carboxylic acids is 1. The number of halogens is 1. The normalized spacial score (nSPS) is 15.1. The molecule has 4 rings (SSSR count). The number of rotatable bonds is 3. The molecule has 1 saturated heterocycles. The van der Waals surface area contributed by atoms with Crippen LogP contribution < -0.4 is 5.32 Å². The Morgan fingerprint density at radius 3 is 3.00 bits per heavy atom. The van der Waals surface area contributed by atoms with Crippen molar-refractivity contribution in [2.75, 3.05) is 19.8 Å². The fourth-order valence-electron chi connectivity index (χ4n) is 2.70. The highest BCUT2D eigenvalue weighted by Crippen LogP contribution is 2.27. The van der Waals surface area contributed by atoms with Gasteiger partial charge in [0.25, 0.3) is 5.91 Å². The summed E-state index contributed by atoms with van der Waals surface area (Å²) < 4.78 is 18.4. The maximum atomic E-state index is 13.4. The molecule has 1 amide bonds. The predicted octanol–water partition coefficient (Wildman–Crippen LogP) is 2.23. The number of fused-ring (bicyclic) bond motifs is 3. The third-order valence-electron chi connectivity index (χ3n) is 3.96. The highest BCUT2D eigenvalue weighted by molar-refractivity contribution is 6.13. The van der Waals surface area contributed by atoms with Crippen LogP contribution in [0.15, 0.2) is 30.5 Å². The van der Waals surface area contributed by atoms with Gasteiger partial charge >= 0.3 is 0 Å². The zero-order chi connectivity index (χ0) is 15.1. The molecule has 0 saturated carbocycles. The first-order chi connectivity index (χ1) is 10.7. The van der Waals surface area contributed by atoms with Gasteiger partial charge in [0.05, 0.1) is 18.7 Å². The summed E-state index contributed by atoms with van der Waals surface area (Å²) >= 11 is 0. The second-order valence-electron chi connectivity index (χ2n) is 5.51. The lowest BCUT2D eigenvalue weighted by molar-refractivity contribution is -0.0298. The Balaban J connectivity index is 1.73. The second kappa shape index (κ2) is 5.06. The number of aromatic nitrogens is 2. The number of pyridine rings is 1. The lowest BCUT2D eigenvalue weighted by Crippen LogP contribution is -2.39. The molecule has 1 fully saturated rings. The second-order valence-corrected chi connectivity index (χ2v) is 5.51. The standard InChI is InChI=1S/C16H14FN3O2/c17-10-1-2-11-12-3-4-18-15(14(12)20-13(11)5-10)16(21)19-6-9-7-22-8-9/h1-5,9,20H,6-8H2,(H,19,21). The molecule has 0 bridgehead atoms. The van der Waals surface area contributed by atoms with Crippen molar-refractivity contribution in [3.63, 3.8) is 0 Å². The van der Waals surface area contributed by atoms with Gasteiger partial charge in [-0.1, -0.05) is 0 Å². The zero-order valence-corrected chi connectivity index (χ0v) is 11.7. The summed E-state index contributed by atoms with van der Waals surface area (Å²) in [6, 6.07) is 6.36. The topological polar surface area (TPSA) is 67.0 Å². The molecule has 0 spiro atoms. The van der Waals surface area contributed by atoms with Gasteiger partial charge in [-0.3, -0.25) is 4.79 Å². The van der Waals surface area contributed by atoms with Crippen molar-refractivity contribution < 1.29 is 13.9 Å². The molecule has 6 heteroatoms. The number of nitrogens with zero attached hydrogens (tertiary/aromatic N) is 1. The van der Waals surface area contributed by atoms with Gasteiger partial charge in [-0.25, -0.2) is 9.37 Å². The van der Waals surface area contributed by atoms with Crippen LogP contribution in [-0.2, 0) is 4.74 Å². The van der Waals surface area contributed by atoms with Crippen LogP contribution in [0.5, 0.6) is 0 Å². The van der Waals surface area contributed by atoms with Gasteiger partial charge in [-0.2, -0.15) is 0 Å². The maximum absolute atomic E-state index is 13.4. The van der Waals surface area contributed by atoms with E-state index in [-0.39, 0.29) is 11.7 Å². The number of benzene rings is 1. The average molecular weight is 299 g/mol. The number of ether oxygens (including phenoxy) is 1. The summed E-state index contributed by atoms with van der Waals surface area (Å²) in [6.45, 7) is 1.94. The SMILES string of the molecule is O=C(NCC1COC1)c1nccc2c1[nH]c1cc(F)ccc12. The number of hydrogen-bond acceptors (Lipinski definition) is 3. The van der Waals surface area contributed by atoms with Crippen LogP contribution in [0, 0.1) is 11.7 Å². The Hall–Kier alpha value is -2.47. The Morgan fingerprint density at radius 2 is 2.23 bits per heavy atom. The average Bonchev–Trinajstić information content (AvgIpc) is 2.82. The molecule has 22 heavy (non-hydrogen) atoms. The monoisotopic (exact) mass is 299 g/mol. The molecule has 1 aliphatic rings. The smallest absolute Gasteiger partial charge is 0.272 e. The number of amides is 1. The van der Waals surface area contributed by atoms with E-state index < -0.39 is 0 Å². The molecule has 1 aromatic carbocycles. The van der Waals surface area contributed by atoms with Crippen molar-refractivity contribution in [1.29, 1.82) is 0 Å². The van der Waals surface area contributed by atoms with E-state index in [1.807, 2.05) is 6.07 Å². The zero-order valence-electron chi connectivity index (χ0n) is 11.7. The highest BCUT2D eigenvalue weighted by atomic mass is 19.1. The molecule has 2 N–H and O–H groups in total. The van der Waals surface area contributed by atoms with E-state index in [9.17, 15) is 9.18 Å². The van der Waals surface area contributed by atoms with Crippen molar-refractivity contribution in [1.82, 2.24) is 15.3 Å². The van der Waals surface area contributed by atoms with E-state index in [1.54, 1.807) is 12.3 Å². The molecule has 1 aliphatic heterocycles. The van der Waals surface area contributed by atoms with Crippen LogP contribution in [0.4, 0.5) is 4.39 Å². The molecule has 0 aliphatic carbocycles. The van der Waals surface area contributed by atoms with Crippen molar-refractivity contribution in [3.8, 4) is 0 Å². The summed E-state index contributed by atoms with van der Waals surface area (Å²) in [5, 5.41) is 4.61. The van der Waals surface area contributed by atoms with Gasteiger partial charge in [0.1, 0.15) is 5.82 Å². The highest BCUT2D eigenvalue weighted by Gasteiger charge is 2.21. The van der Waals surface area contributed by atoms with Crippen LogP contribution >= 0.6 is 0 Å². The van der Waals surface area contributed by atoms with Crippen LogP contribution in [0.2, 0.25) is 0 Å². The minimum atomic E-state index is -0.317. The van der Waals surface area contributed by atoms with E-state index >= 15 is 0 Å². The molecule has 0 radical (unpaired) electrons. The summed E-state index contributed by atoms with van der Waals surface area (Å²) in [7, 11) is 0. The van der Waals surface area contributed by atoms with Crippen LogP contribution in [0.25, 0.3) is 21.8 Å². The molecular weight excluding hydrogens is 285 g/mol. The van der Waals surface area contributed by atoms with Crippen molar-refractivity contribution in [2.45, 2.75) is 0 Å². The van der Waals surface area contributed by atoms with E-state index in [0.717, 1.165) is 10.8 Å². The van der Waals surface area contributed by atoms with E-state index in [2.05, 4.69) is 15.3 Å².